The van der Waals surface area contributed by atoms with E-state index in [2.05, 4.69) is 30.1 Å². The van der Waals surface area contributed by atoms with Crippen molar-refractivity contribution in [3.63, 3.8) is 0 Å². The maximum Gasteiger partial charge on any atom is 0.245 e. The third-order valence-corrected chi connectivity index (χ3v) is 7.91. The quantitative estimate of drug-likeness (QED) is 0.323. The number of nitrogens with zero attached hydrogens (tertiary/aromatic N) is 7. The van der Waals surface area contributed by atoms with E-state index in [4.69, 9.17) is 13.9 Å². The minimum atomic E-state index is -3.85. The van der Waals surface area contributed by atoms with Gasteiger partial charge in [0.25, 0.3) is 0 Å². The van der Waals surface area contributed by atoms with Gasteiger partial charge in [-0.3, -0.25) is 4.57 Å². The molecule has 0 aromatic carbocycles. The fraction of sp³-hybridized carbons (Fsp3) is 0.364. The van der Waals surface area contributed by atoms with Crippen LogP contribution in [0.5, 0.6) is 11.8 Å². The van der Waals surface area contributed by atoms with Crippen molar-refractivity contribution >= 4 is 9.84 Å². The predicted octanol–water partition coefficient (Wildman–Crippen LogP) is 2.68. The molecule has 0 aliphatic carbocycles. The average Bonchev–Trinajstić information content (AvgIpc) is 3.48. The number of ether oxygens (including phenoxy) is 2. The topological polar surface area (TPSA) is 148 Å². The third kappa shape index (κ3) is 4.76. The number of hydrogen-bond donors (Lipinski definition) is 0. The van der Waals surface area contributed by atoms with E-state index < -0.39 is 32.6 Å². The van der Waals surface area contributed by atoms with E-state index in [0.717, 1.165) is 12.4 Å². The molecule has 0 bridgehead atoms. The van der Waals surface area contributed by atoms with Crippen molar-refractivity contribution in [2.75, 3.05) is 14.2 Å². The molecule has 12 nitrogen and oxygen atoms in total. The van der Waals surface area contributed by atoms with Crippen LogP contribution in [0.25, 0.3) is 17.3 Å². The minimum absolute atomic E-state index is 0.0597. The number of sulfone groups is 1. The van der Waals surface area contributed by atoms with E-state index in [1.165, 1.54) is 32.0 Å². The number of aryl methyl sites for hydroxylation is 1. The van der Waals surface area contributed by atoms with Gasteiger partial charge < -0.3 is 13.9 Å². The molecule has 36 heavy (non-hydrogen) atoms. The Morgan fingerprint density at radius 3 is 2.22 bits per heavy atom. The van der Waals surface area contributed by atoms with Crippen molar-refractivity contribution in [3.05, 3.63) is 54.1 Å². The van der Waals surface area contributed by atoms with Crippen LogP contribution in [0, 0.1) is 12.7 Å². The van der Waals surface area contributed by atoms with Crippen LogP contribution in [-0.4, -0.2) is 62.6 Å². The normalized spacial score (nSPS) is 13.4. The summed E-state index contributed by atoms with van der Waals surface area (Å²) in [6, 6.07) is 3.43. The Morgan fingerprint density at radius 1 is 1.03 bits per heavy atom. The Balaban J connectivity index is 1.81. The number of furan rings is 1. The maximum absolute atomic E-state index is 13.5. The van der Waals surface area contributed by atoms with Gasteiger partial charge in [-0.25, -0.2) is 22.8 Å². The summed E-state index contributed by atoms with van der Waals surface area (Å²) in [4.78, 5) is 16.1. The van der Waals surface area contributed by atoms with E-state index in [1.807, 2.05) is 0 Å². The number of aromatic nitrogens is 7. The molecule has 0 aliphatic heterocycles. The Bertz CT molecular complexity index is 1450. The molecule has 2 atom stereocenters. The molecule has 0 spiro atoms. The van der Waals surface area contributed by atoms with E-state index >= 15 is 0 Å². The lowest BCUT2D eigenvalue weighted by Gasteiger charge is -2.20. The van der Waals surface area contributed by atoms with E-state index in [0.29, 0.717) is 11.5 Å². The highest BCUT2D eigenvalue weighted by Gasteiger charge is 2.33. The second kappa shape index (κ2) is 9.97. The fourth-order valence-corrected chi connectivity index (χ4v) is 5.14. The van der Waals surface area contributed by atoms with Gasteiger partial charge in [-0.2, -0.15) is 9.97 Å². The standard InChI is InChI=1S/C22H24FN7O5S/c1-12-6-7-16(35-12)20-29-28-17(30(20)18-21(33-4)26-11-27-22(18)34-5)10-36(31,32)14(3)13(2)19-24-8-15(23)9-25-19/h6-9,11,13-14H,10H2,1-5H3/t13-,14-/m0/s1. The molecule has 0 saturated heterocycles. The second-order valence-corrected chi connectivity index (χ2v) is 10.3. The van der Waals surface area contributed by atoms with E-state index in [1.54, 1.807) is 26.0 Å². The van der Waals surface area contributed by atoms with E-state index in [-0.39, 0.29) is 34.9 Å². The van der Waals surface area contributed by atoms with E-state index in [9.17, 15) is 12.8 Å². The highest BCUT2D eigenvalue weighted by molar-refractivity contribution is 7.91. The van der Waals surface area contributed by atoms with Gasteiger partial charge >= 0.3 is 0 Å². The van der Waals surface area contributed by atoms with Crippen molar-refractivity contribution < 1.29 is 26.7 Å². The van der Waals surface area contributed by atoms with Crippen LogP contribution in [0.2, 0.25) is 0 Å². The number of methoxy groups -OCH3 is 2. The van der Waals surface area contributed by atoms with Gasteiger partial charge in [0.2, 0.25) is 17.6 Å². The van der Waals surface area contributed by atoms with Crippen molar-refractivity contribution in [1.82, 2.24) is 34.7 Å². The monoisotopic (exact) mass is 517 g/mol. The molecule has 14 heteroatoms. The molecule has 0 N–H and O–H groups in total. The van der Waals surface area contributed by atoms with Gasteiger partial charge in [0, 0.05) is 5.92 Å². The van der Waals surface area contributed by atoms with Crippen LogP contribution >= 0.6 is 0 Å². The molecule has 0 unspecified atom stereocenters. The summed E-state index contributed by atoms with van der Waals surface area (Å²) in [5.74, 6) is -0.0553. The van der Waals surface area contributed by atoms with Gasteiger partial charge in [0.15, 0.2) is 32.9 Å². The van der Waals surface area contributed by atoms with Crippen molar-refractivity contribution in [2.45, 2.75) is 37.7 Å². The highest BCUT2D eigenvalue weighted by Crippen LogP contribution is 2.35. The minimum Gasteiger partial charge on any atom is -0.479 e. The van der Waals surface area contributed by atoms with Crippen LogP contribution in [-0.2, 0) is 15.6 Å². The third-order valence-electron chi connectivity index (χ3n) is 5.70. The summed E-state index contributed by atoms with van der Waals surface area (Å²) in [7, 11) is -1.03. The summed E-state index contributed by atoms with van der Waals surface area (Å²) in [6.07, 6.45) is 3.26. The van der Waals surface area contributed by atoms with Crippen LogP contribution in [0.15, 0.2) is 35.3 Å². The first-order chi connectivity index (χ1) is 17.2. The van der Waals surface area contributed by atoms with Gasteiger partial charge in [-0.1, -0.05) is 6.92 Å². The van der Waals surface area contributed by atoms with Gasteiger partial charge in [0.05, 0.1) is 31.9 Å². The summed E-state index contributed by atoms with van der Waals surface area (Å²) < 4.78 is 58.2. The van der Waals surface area contributed by atoms with Gasteiger partial charge in [0.1, 0.15) is 23.7 Å². The number of hydrogen-bond acceptors (Lipinski definition) is 11. The molecule has 4 rings (SSSR count). The van der Waals surface area contributed by atoms with Crippen LogP contribution < -0.4 is 9.47 Å². The largest absolute Gasteiger partial charge is 0.479 e. The Labute approximate surface area is 206 Å². The van der Waals surface area contributed by atoms with Crippen molar-refractivity contribution in [1.29, 1.82) is 0 Å². The Morgan fingerprint density at radius 2 is 1.67 bits per heavy atom. The first-order valence-corrected chi connectivity index (χ1v) is 12.5. The molecule has 0 saturated carbocycles. The SMILES string of the molecule is COc1ncnc(OC)c1-n1c(CS(=O)(=O)[C@@H](C)[C@H](C)c2ncc(F)cn2)nnc1-c1ccc(C)o1. The summed E-state index contributed by atoms with van der Waals surface area (Å²) in [5.41, 5.74) is 0.212. The van der Waals surface area contributed by atoms with Crippen LogP contribution in [0.1, 0.15) is 37.2 Å². The highest BCUT2D eigenvalue weighted by atomic mass is 32.2. The molecule has 4 aromatic heterocycles. The summed E-state index contributed by atoms with van der Waals surface area (Å²) >= 11 is 0. The predicted molar refractivity (Wildman–Crippen MR) is 125 cm³/mol. The number of rotatable bonds is 9. The van der Waals surface area contributed by atoms with Gasteiger partial charge in [-0.05, 0) is 26.0 Å². The molecule has 0 amide bonds. The molecular weight excluding hydrogens is 493 g/mol. The molecule has 4 heterocycles. The summed E-state index contributed by atoms with van der Waals surface area (Å²) in [6.45, 7) is 4.97. The molecular formula is C22H24FN7O5S. The maximum atomic E-state index is 13.5. The zero-order valence-corrected chi connectivity index (χ0v) is 21.0. The average molecular weight is 518 g/mol. The van der Waals surface area contributed by atoms with Crippen LogP contribution in [0.4, 0.5) is 4.39 Å². The zero-order chi connectivity index (χ0) is 26.0. The Kier molecular flexibility index (Phi) is 6.97. The molecule has 4 aromatic rings. The lowest BCUT2D eigenvalue weighted by Crippen LogP contribution is -2.27. The molecule has 0 aliphatic rings. The van der Waals surface area contributed by atoms with Crippen molar-refractivity contribution in [3.8, 4) is 29.0 Å². The molecule has 190 valence electrons. The number of halogens is 1. The first kappa shape index (κ1) is 25.2. The molecule has 0 radical (unpaired) electrons. The zero-order valence-electron chi connectivity index (χ0n) is 20.2. The van der Waals surface area contributed by atoms with Crippen molar-refractivity contribution in [2.24, 2.45) is 0 Å². The summed E-state index contributed by atoms with van der Waals surface area (Å²) in [5, 5.41) is 7.44. The van der Waals surface area contributed by atoms with Gasteiger partial charge in [-0.15, -0.1) is 10.2 Å². The molecule has 0 fully saturated rings. The first-order valence-electron chi connectivity index (χ1n) is 10.8. The Hall–Kier alpha value is -3.94. The lowest BCUT2D eigenvalue weighted by molar-refractivity contribution is 0.368. The fourth-order valence-electron chi connectivity index (χ4n) is 3.59. The lowest BCUT2D eigenvalue weighted by atomic mass is 10.1. The second-order valence-electron chi connectivity index (χ2n) is 7.99. The van der Waals surface area contributed by atoms with Crippen LogP contribution in [0.3, 0.4) is 0 Å². The smallest absolute Gasteiger partial charge is 0.245 e.